The number of carbonyl (C=O) groups excluding carboxylic acids is 2. The van der Waals surface area contributed by atoms with Crippen LogP contribution in [-0.2, 0) is 6.54 Å². The lowest BCUT2D eigenvalue weighted by atomic mass is 10.2. The summed E-state index contributed by atoms with van der Waals surface area (Å²) < 4.78 is 31.6. The zero-order valence-electron chi connectivity index (χ0n) is 14.9. The first-order chi connectivity index (χ1) is 13.9. The van der Waals surface area contributed by atoms with Crippen molar-refractivity contribution in [1.82, 2.24) is 20.5 Å². The van der Waals surface area contributed by atoms with E-state index >= 15 is 0 Å². The van der Waals surface area contributed by atoms with Crippen LogP contribution < -0.4 is 15.4 Å². The fourth-order valence-corrected chi connectivity index (χ4v) is 2.63. The predicted octanol–water partition coefficient (Wildman–Crippen LogP) is 2.93. The number of methoxy groups -OCH3 is 1. The largest absolute Gasteiger partial charge is 0.481 e. The second kappa shape index (κ2) is 8.65. The van der Waals surface area contributed by atoms with Crippen LogP contribution in [0.5, 0.6) is 5.88 Å². The van der Waals surface area contributed by atoms with Crippen molar-refractivity contribution in [2.75, 3.05) is 12.4 Å². The molecular weight excluding hydrogens is 408 g/mol. The van der Waals surface area contributed by atoms with Crippen LogP contribution in [0.1, 0.15) is 26.4 Å². The molecule has 0 aliphatic carbocycles. The first kappa shape index (κ1) is 20.2. The highest BCUT2D eigenvalue weighted by Crippen LogP contribution is 2.21. The lowest BCUT2D eigenvalue weighted by Gasteiger charge is -2.07. The first-order valence-electron chi connectivity index (χ1n) is 8.16. The molecule has 8 nitrogen and oxygen atoms in total. The van der Waals surface area contributed by atoms with Gasteiger partial charge < -0.3 is 15.4 Å². The standard InChI is InChI=1S/C18H14ClF2N5O3/c1-29-18-9(3-2-4-22-18)8-23-17(28)14-7-15(26-25-14)24-16(27)10-5-12(20)13(21)6-11(10)19/h2-7H,8H2,1H3,(H,23,28)(H2,24,25,26,27). The molecule has 1 aromatic carbocycles. The number of amides is 2. The topological polar surface area (TPSA) is 109 Å². The summed E-state index contributed by atoms with van der Waals surface area (Å²) in [7, 11) is 1.47. The zero-order valence-corrected chi connectivity index (χ0v) is 15.7. The highest BCUT2D eigenvalue weighted by Gasteiger charge is 2.17. The third-order valence-corrected chi connectivity index (χ3v) is 4.11. The number of H-pyrrole nitrogens is 1. The summed E-state index contributed by atoms with van der Waals surface area (Å²) in [6.07, 6.45) is 1.56. The number of nitrogens with zero attached hydrogens (tertiary/aromatic N) is 2. The molecule has 0 bridgehead atoms. The number of pyridine rings is 1. The maximum absolute atomic E-state index is 13.3. The number of hydrogen-bond donors (Lipinski definition) is 3. The van der Waals surface area contributed by atoms with Gasteiger partial charge in [0.2, 0.25) is 5.88 Å². The molecule has 3 rings (SSSR count). The molecule has 0 radical (unpaired) electrons. The number of aromatic amines is 1. The number of rotatable bonds is 6. The molecule has 2 amide bonds. The minimum absolute atomic E-state index is 0.0000850. The number of nitrogens with one attached hydrogen (secondary N) is 3. The molecule has 2 aromatic heterocycles. The van der Waals surface area contributed by atoms with Gasteiger partial charge in [0, 0.05) is 24.4 Å². The van der Waals surface area contributed by atoms with Crippen LogP contribution in [-0.4, -0.2) is 34.1 Å². The van der Waals surface area contributed by atoms with Gasteiger partial charge in [-0.25, -0.2) is 13.8 Å². The van der Waals surface area contributed by atoms with Crippen molar-refractivity contribution in [1.29, 1.82) is 0 Å². The highest BCUT2D eigenvalue weighted by atomic mass is 35.5. The van der Waals surface area contributed by atoms with Gasteiger partial charge in [-0.05, 0) is 18.2 Å². The lowest BCUT2D eigenvalue weighted by molar-refractivity contribution is 0.0944. The Morgan fingerprint density at radius 2 is 1.97 bits per heavy atom. The molecule has 0 unspecified atom stereocenters. The molecule has 0 saturated heterocycles. The molecule has 150 valence electrons. The van der Waals surface area contributed by atoms with Crippen LogP contribution in [0.2, 0.25) is 5.02 Å². The Bertz CT molecular complexity index is 1070. The maximum atomic E-state index is 13.3. The van der Waals surface area contributed by atoms with Crippen molar-refractivity contribution >= 4 is 29.2 Å². The average Bonchev–Trinajstić information content (AvgIpc) is 3.17. The van der Waals surface area contributed by atoms with E-state index < -0.39 is 23.4 Å². The van der Waals surface area contributed by atoms with E-state index in [2.05, 4.69) is 25.8 Å². The smallest absolute Gasteiger partial charge is 0.269 e. The van der Waals surface area contributed by atoms with Crippen LogP contribution in [0.3, 0.4) is 0 Å². The van der Waals surface area contributed by atoms with Crippen LogP contribution in [0.25, 0.3) is 0 Å². The van der Waals surface area contributed by atoms with Crippen molar-refractivity contribution in [3.63, 3.8) is 0 Å². The summed E-state index contributed by atoms with van der Waals surface area (Å²) in [6, 6.07) is 6.10. The van der Waals surface area contributed by atoms with E-state index in [-0.39, 0.29) is 28.6 Å². The zero-order chi connectivity index (χ0) is 21.0. The quantitative estimate of drug-likeness (QED) is 0.530. The molecule has 0 atom stereocenters. The summed E-state index contributed by atoms with van der Waals surface area (Å²) in [4.78, 5) is 28.5. The third kappa shape index (κ3) is 4.66. The Kier molecular flexibility index (Phi) is 6.03. The Balaban J connectivity index is 1.65. The summed E-state index contributed by atoms with van der Waals surface area (Å²) >= 11 is 5.77. The molecule has 29 heavy (non-hydrogen) atoms. The summed E-state index contributed by atoms with van der Waals surface area (Å²) in [5, 5.41) is 11.0. The minimum atomic E-state index is -1.22. The molecule has 11 heteroatoms. The van der Waals surface area contributed by atoms with Crippen molar-refractivity contribution in [3.8, 4) is 5.88 Å². The summed E-state index contributed by atoms with van der Waals surface area (Å²) in [5.74, 6) is -3.31. The van der Waals surface area contributed by atoms with Crippen molar-refractivity contribution < 1.29 is 23.1 Å². The minimum Gasteiger partial charge on any atom is -0.481 e. The van der Waals surface area contributed by atoms with Gasteiger partial charge in [-0.1, -0.05) is 17.7 Å². The third-order valence-electron chi connectivity index (χ3n) is 3.80. The van der Waals surface area contributed by atoms with E-state index in [1.807, 2.05) is 0 Å². The van der Waals surface area contributed by atoms with Crippen molar-refractivity contribution in [2.45, 2.75) is 6.54 Å². The molecule has 3 N–H and O–H groups in total. The number of hydrogen-bond acceptors (Lipinski definition) is 5. The van der Waals surface area contributed by atoms with Gasteiger partial charge >= 0.3 is 0 Å². The molecule has 0 saturated carbocycles. The molecule has 0 aliphatic heterocycles. The van der Waals surface area contributed by atoms with Crippen molar-refractivity contribution in [3.05, 3.63) is 70.0 Å². The Hall–Kier alpha value is -3.53. The monoisotopic (exact) mass is 421 g/mol. The SMILES string of the molecule is COc1ncccc1CNC(=O)c1cc(NC(=O)c2cc(F)c(F)cc2Cl)n[nH]1. The number of benzene rings is 1. The first-order valence-corrected chi connectivity index (χ1v) is 8.54. The van der Waals surface area contributed by atoms with Crippen LogP contribution in [0.15, 0.2) is 36.5 Å². The molecule has 0 fully saturated rings. The number of aromatic nitrogens is 3. The average molecular weight is 422 g/mol. The van der Waals surface area contributed by atoms with E-state index in [9.17, 15) is 18.4 Å². The van der Waals surface area contributed by atoms with Gasteiger partial charge in [0.05, 0.1) is 17.7 Å². The van der Waals surface area contributed by atoms with E-state index in [0.29, 0.717) is 23.6 Å². The lowest BCUT2D eigenvalue weighted by Crippen LogP contribution is -2.23. The number of ether oxygens (including phenoxy) is 1. The maximum Gasteiger partial charge on any atom is 0.269 e. The van der Waals surface area contributed by atoms with Crippen molar-refractivity contribution in [2.24, 2.45) is 0 Å². The highest BCUT2D eigenvalue weighted by molar-refractivity contribution is 6.34. The van der Waals surface area contributed by atoms with Crippen LogP contribution in [0.4, 0.5) is 14.6 Å². The van der Waals surface area contributed by atoms with Gasteiger partial charge in [0.25, 0.3) is 11.8 Å². The molecule has 0 aliphatic rings. The van der Waals surface area contributed by atoms with Gasteiger partial charge in [-0.15, -0.1) is 0 Å². The molecular formula is C18H14ClF2N5O3. The normalized spacial score (nSPS) is 10.5. The summed E-state index contributed by atoms with van der Waals surface area (Å²) in [5.41, 5.74) is 0.465. The van der Waals surface area contributed by atoms with Crippen LogP contribution >= 0.6 is 11.6 Å². The van der Waals surface area contributed by atoms with Crippen LogP contribution in [0, 0.1) is 11.6 Å². The molecule has 2 heterocycles. The Morgan fingerprint density at radius 3 is 2.72 bits per heavy atom. The van der Waals surface area contributed by atoms with Gasteiger partial charge in [-0.2, -0.15) is 5.10 Å². The fourth-order valence-electron chi connectivity index (χ4n) is 2.40. The fraction of sp³-hybridized carbons (Fsp3) is 0.111. The van der Waals surface area contributed by atoms with E-state index in [1.165, 1.54) is 13.2 Å². The molecule has 0 spiro atoms. The van der Waals surface area contributed by atoms with Gasteiger partial charge in [-0.3, -0.25) is 14.7 Å². The number of carbonyl (C=O) groups is 2. The van der Waals surface area contributed by atoms with E-state index in [0.717, 1.165) is 0 Å². The second-order valence-corrected chi connectivity index (χ2v) is 6.13. The Morgan fingerprint density at radius 1 is 1.21 bits per heavy atom. The Labute approximate surface area is 168 Å². The van der Waals surface area contributed by atoms with Gasteiger partial charge in [0.15, 0.2) is 17.5 Å². The molecule has 3 aromatic rings. The predicted molar refractivity (Wildman–Crippen MR) is 99.9 cm³/mol. The second-order valence-electron chi connectivity index (χ2n) is 5.72. The number of halogens is 3. The summed E-state index contributed by atoms with van der Waals surface area (Å²) in [6.45, 7) is 0.154. The van der Waals surface area contributed by atoms with Gasteiger partial charge in [0.1, 0.15) is 5.69 Å². The number of anilines is 1. The van der Waals surface area contributed by atoms with E-state index in [1.54, 1.807) is 18.3 Å². The van der Waals surface area contributed by atoms with E-state index in [4.69, 9.17) is 16.3 Å².